The summed E-state index contributed by atoms with van der Waals surface area (Å²) in [5.74, 6) is 0.934. The van der Waals surface area contributed by atoms with E-state index in [1.165, 1.54) is 0 Å². The van der Waals surface area contributed by atoms with E-state index in [1.54, 1.807) is 6.20 Å². The van der Waals surface area contributed by atoms with Crippen molar-refractivity contribution in [2.24, 2.45) is 0 Å². The highest BCUT2D eigenvalue weighted by atomic mass is 16.5. The third kappa shape index (κ3) is 2.46. The van der Waals surface area contributed by atoms with Gasteiger partial charge in [0.2, 0.25) is 0 Å². The molecule has 0 N–H and O–H groups in total. The first-order valence-electron chi connectivity index (χ1n) is 5.38. The van der Waals surface area contributed by atoms with Crippen molar-refractivity contribution in [1.29, 1.82) is 0 Å². The first kappa shape index (κ1) is 9.97. The van der Waals surface area contributed by atoms with E-state index >= 15 is 0 Å². The monoisotopic (exact) mass is 201 g/mol. The van der Waals surface area contributed by atoms with Gasteiger partial charge in [0.15, 0.2) is 0 Å². The average molecular weight is 201 g/mol. The molecule has 0 radical (unpaired) electrons. The highest BCUT2D eigenvalue weighted by molar-refractivity contribution is 5.79. The zero-order chi connectivity index (χ0) is 10.5. The van der Waals surface area contributed by atoms with Gasteiger partial charge in [-0.1, -0.05) is 19.4 Å². The average Bonchev–Trinajstić information content (AvgIpc) is 2.29. The molecule has 1 aromatic heterocycles. The molecule has 78 valence electrons. The summed E-state index contributed by atoms with van der Waals surface area (Å²) in [6.07, 6.45) is 4.07. The van der Waals surface area contributed by atoms with Gasteiger partial charge >= 0.3 is 0 Å². The Hall–Kier alpha value is -1.57. The molecule has 0 amide bonds. The fourth-order valence-electron chi connectivity index (χ4n) is 1.48. The van der Waals surface area contributed by atoms with Gasteiger partial charge in [0, 0.05) is 11.6 Å². The Morgan fingerprint density at radius 1 is 1.27 bits per heavy atom. The Kier molecular flexibility index (Phi) is 3.18. The molecule has 0 aliphatic carbocycles. The summed E-state index contributed by atoms with van der Waals surface area (Å²) in [5, 5.41) is 1.13. The summed E-state index contributed by atoms with van der Waals surface area (Å²) >= 11 is 0. The van der Waals surface area contributed by atoms with Crippen molar-refractivity contribution in [3.63, 3.8) is 0 Å². The standard InChI is InChI=1S/C13H15NO/c1-2-3-9-15-12-6-7-13-11(10-12)5-4-8-14-13/h4-8,10H,2-3,9H2,1H3. The lowest BCUT2D eigenvalue weighted by molar-refractivity contribution is 0.310. The number of benzene rings is 1. The number of unbranched alkanes of at least 4 members (excludes halogenated alkanes) is 1. The molecule has 2 rings (SSSR count). The summed E-state index contributed by atoms with van der Waals surface area (Å²) < 4.78 is 5.63. The van der Waals surface area contributed by atoms with Crippen LogP contribution < -0.4 is 4.74 Å². The zero-order valence-corrected chi connectivity index (χ0v) is 8.94. The van der Waals surface area contributed by atoms with Gasteiger partial charge in [0.05, 0.1) is 12.1 Å². The number of hydrogen-bond acceptors (Lipinski definition) is 2. The number of ether oxygens (including phenoxy) is 1. The molecule has 2 nitrogen and oxygen atoms in total. The first-order chi connectivity index (χ1) is 7.40. The van der Waals surface area contributed by atoms with E-state index < -0.39 is 0 Å². The molecule has 0 aliphatic rings. The molecule has 0 saturated heterocycles. The quantitative estimate of drug-likeness (QED) is 0.707. The Morgan fingerprint density at radius 2 is 2.20 bits per heavy atom. The van der Waals surface area contributed by atoms with E-state index in [9.17, 15) is 0 Å². The molecular weight excluding hydrogens is 186 g/mol. The van der Waals surface area contributed by atoms with Gasteiger partial charge in [0.25, 0.3) is 0 Å². The van der Waals surface area contributed by atoms with Crippen LogP contribution in [0.25, 0.3) is 10.9 Å². The van der Waals surface area contributed by atoms with Gasteiger partial charge in [-0.3, -0.25) is 4.98 Å². The third-order valence-corrected chi connectivity index (χ3v) is 2.34. The highest BCUT2D eigenvalue weighted by Crippen LogP contribution is 2.18. The molecule has 0 atom stereocenters. The van der Waals surface area contributed by atoms with Crippen LogP contribution in [0.15, 0.2) is 36.5 Å². The number of hydrogen-bond donors (Lipinski definition) is 0. The molecule has 2 aromatic rings. The lowest BCUT2D eigenvalue weighted by Gasteiger charge is -2.05. The largest absolute Gasteiger partial charge is 0.494 e. The van der Waals surface area contributed by atoms with Crippen LogP contribution in [0, 0.1) is 0 Å². The second kappa shape index (κ2) is 4.78. The molecule has 1 aromatic carbocycles. The summed E-state index contributed by atoms with van der Waals surface area (Å²) in [6.45, 7) is 2.95. The van der Waals surface area contributed by atoms with Crippen molar-refractivity contribution in [1.82, 2.24) is 4.98 Å². The molecule has 0 aliphatic heterocycles. The van der Waals surface area contributed by atoms with Crippen molar-refractivity contribution < 1.29 is 4.74 Å². The molecular formula is C13H15NO. The predicted octanol–water partition coefficient (Wildman–Crippen LogP) is 3.41. The van der Waals surface area contributed by atoms with Crippen molar-refractivity contribution in [3.8, 4) is 5.75 Å². The number of aromatic nitrogens is 1. The first-order valence-corrected chi connectivity index (χ1v) is 5.38. The minimum Gasteiger partial charge on any atom is -0.494 e. The molecule has 0 bridgehead atoms. The summed E-state index contributed by atoms with van der Waals surface area (Å²) in [7, 11) is 0. The van der Waals surface area contributed by atoms with E-state index in [0.717, 1.165) is 36.1 Å². The third-order valence-electron chi connectivity index (χ3n) is 2.34. The van der Waals surface area contributed by atoms with Crippen molar-refractivity contribution in [2.45, 2.75) is 19.8 Å². The van der Waals surface area contributed by atoms with Crippen LogP contribution in [0.2, 0.25) is 0 Å². The van der Waals surface area contributed by atoms with Gasteiger partial charge in [-0.05, 0) is 30.7 Å². The van der Waals surface area contributed by atoms with Crippen molar-refractivity contribution in [3.05, 3.63) is 36.5 Å². The second-order valence-corrected chi connectivity index (χ2v) is 3.56. The van der Waals surface area contributed by atoms with Gasteiger partial charge in [-0.15, -0.1) is 0 Å². The van der Waals surface area contributed by atoms with Gasteiger partial charge in [-0.2, -0.15) is 0 Å². The maximum atomic E-state index is 5.63. The van der Waals surface area contributed by atoms with E-state index in [-0.39, 0.29) is 0 Å². The fourth-order valence-corrected chi connectivity index (χ4v) is 1.48. The van der Waals surface area contributed by atoms with E-state index in [4.69, 9.17) is 4.74 Å². The van der Waals surface area contributed by atoms with Gasteiger partial charge in [0.1, 0.15) is 5.75 Å². The molecule has 0 fully saturated rings. The second-order valence-electron chi connectivity index (χ2n) is 3.56. The van der Waals surface area contributed by atoms with Crippen molar-refractivity contribution >= 4 is 10.9 Å². The molecule has 15 heavy (non-hydrogen) atoms. The minimum absolute atomic E-state index is 0.794. The molecule has 0 saturated carbocycles. The predicted molar refractivity (Wildman–Crippen MR) is 62.1 cm³/mol. The maximum absolute atomic E-state index is 5.63. The van der Waals surface area contributed by atoms with Crippen LogP contribution in [0.3, 0.4) is 0 Å². The normalized spacial score (nSPS) is 10.5. The molecule has 0 spiro atoms. The Morgan fingerprint density at radius 3 is 3.07 bits per heavy atom. The van der Waals surface area contributed by atoms with E-state index in [1.807, 2.05) is 24.3 Å². The Bertz CT molecular complexity index is 439. The molecule has 0 unspecified atom stereocenters. The molecule has 1 heterocycles. The summed E-state index contributed by atoms with van der Waals surface area (Å²) in [4.78, 5) is 4.26. The van der Waals surface area contributed by atoms with Crippen LogP contribution in [-0.4, -0.2) is 11.6 Å². The summed E-state index contributed by atoms with van der Waals surface area (Å²) in [5.41, 5.74) is 1.01. The van der Waals surface area contributed by atoms with Crippen LogP contribution in [-0.2, 0) is 0 Å². The number of fused-ring (bicyclic) bond motifs is 1. The minimum atomic E-state index is 0.794. The smallest absolute Gasteiger partial charge is 0.120 e. The maximum Gasteiger partial charge on any atom is 0.120 e. The van der Waals surface area contributed by atoms with Crippen LogP contribution in [0.5, 0.6) is 5.75 Å². The topological polar surface area (TPSA) is 22.1 Å². The van der Waals surface area contributed by atoms with Crippen LogP contribution in [0.4, 0.5) is 0 Å². The van der Waals surface area contributed by atoms with E-state index in [2.05, 4.69) is 18.0 Å². The fraction of sp³-hybridized carbons (Fsp3) is 0.308. The van der Waals surface area contributed by atoms with E-state index in [0.29, 0.717) is 0 Å². The zero-order valence-electron chi connectivity index (χ0n) is 8.94. The number of nitrogens with zero attached hydrogens (tertiary/aromatic N) is 1. The van der Waals surface area contributed by atoms with Gasteiger partial charge in [-0.25, -0.2) is 0 Å². The number of pyridine rings is 1. The highest BCUT2D eigenvalue weighted by Gasteiger charge is 1.96. The number of rotatable bonds is 4. The SMILES string of the molecule is CCCCOc1ccc2ncccc2c1. The lowest BCUT2D eigenvalue weighted by atomic mass is 10.2. The molecule has 2 heteroatoms. The van der Waals surface area contributed by atoms with Crippen LogP contribution in [0.1, 0.15) is 19.8 Å². The lowest BCUT2D eigenvalue weighted by Crippen LogP contribution is -1.96. The van der Waals surface area contributed by atoms with Gasteiger partial charge < -0.3 is 4.74 Å². The Labute approximate surface area is 89.9 Å². The Balaban J connectivity index is 2.16. The van der Waals surface area contributed by atoms with Crippen molar-refractivity contribution in [2.75, 3.05) is 6.61 Å². The van der Waals surface area contributed by atoms with Crippen LogP contribution >= 0.6 is 0 Å². The summed E-state index contributed by atoms with van der Waals surface area (Å²) in [6, 6.07) is 10.0.